The zero-order chi connectivity index (χ0) is 22.4. The molecule has 31 heavy (non-hydrogen) atoms. The van der Waals surface area contributed by atoms with Crippen LogP contribution in [0.1, 0.15) is 23.2 Å². The first-order chi connectivity index (χ1) is 14.8. The molecule has 1 N–H and O–H groups in total. The van der Waals surface area contributed by atoms with E-state index in [2.05, 4.69) is 10.1 Å². The first-order valence-corrected chi connectivity index (χ1v) is 11.1. The highest BCUT2D eigenvalue weighted by atomic mass is 32.2. The van der Waals surface area contributed by atoms with Crippen LogP contribution in [0.15, 0.2) is 53.4 Å². The zero-order valence-electron chi connectivity index (χ0n) is 16.9. The number of amides is 1. The molecule has 1 amide bonds. The number of carbonyl (C=O) groups excluding carboxylic acids is 2. The van der Waals surface area contributed by atoms with Crippen LogP contribution in [0.25, 0.3) is 0 Å². The largest absolute Gasteiger partial charge is 0.484 e. The summed E-state index contributed by atoms with van der Waals surface area (Å²) in [4.78, 5) is 23.7. The van der Waals surface area contributed by atoms with E-state index in [1.807, 2.05) is 0 Å². The smallest absolute Gasteiger partial charge is 0.337 e. The minimum absolute atomic E-state index is 0.0929. The number of nitrogens with zero attached hydrogens (tertiary/aromatic N) is 1. The first-order valence-electron chi connectivity index (χ1n) is 9.66. The Bertz CT molecular complexity index is 1020. The lowest BCUT2D eigenvalue weighted by Gasteiger charge is -2.31. The van der Waals surface area contributed by atoms with Gasteiger partial charge >= 0.3 is 5.97 Å². The van der Waals surface area contributed by atoms with E-state index in [9.17, 15) is 22.4 Å². The van der Waals surface area contributed by atoms with Gasteiger partial charge in [0.25, 0.3) is 5.91 Å². The third-order valence-electron chi connectivity index (χ3n) is 4.92. The van der Waals surface area contributed by atoms with Gasteiger partial charge in [-0.25, -0.2) is 17.6 Å². The van der Waals surface area contributed by atoms with Crippen LogP contribution in [-0.4, -0.2) is 57.4 Å². The molecule has 1 aliphatic rings. The summed E-state index contributed by atoms with van der Waals surface area (Å²) in [6.45, 7) is 0.298. The number of hydrogen-bond acceptors (Lipinski definition) is 6. The van der Waals surface area contributed by atoms with Crippen LogP contribution in [0.5, 0.6) is 5.75 Å². The van der Waals surface area contributed by atoms with Gasteiger partial charge in [-0.15, -0.1) is 0 Å². The number of benzene rings is 2. The van der Waals surface area contributed by atoms with Crippen molar-refractivity contribution in [3.63, 3.8) is 0 Å². The monoisotopic (exact) mass is 450 g/mol. The number of rotatable bonds is 7. The Kier molecular flexibility index (Phi) is 7.24. The third-order valence-corrected chi connectivity index (χ3v) is 6.83. The van der Waals surface area contributed by atoms with Crippen molar-refractivity contribution in [2.75, 3.05) is 26.8 Å². The molecule has 0 radical (unpaired) electrons. The van der Waals surface area contributed by atoms with Crippen molar-refractivity contribution in [3.8, 4) is 5.75 Å². The number of sulfonamides is 1. The molecule has 10 heteroatoms. The van der Waals surface area contributed by atoms with Crippen LogP contribution in [0.3, 0.4) is 0 Å². The third kappa shape index (κ3) is 5.80. The van der Waals surface area contributed by atoms with Crippen molar-refractivity contribution in [2.24, 2.45) is 0 Å². The van der Waals surface area contributed by atoms with Gasteiger partial charge in [0, 0.05) is 19.1 Å². The van der Waals surface area contributed by atoms with Crippen molar-refractivity contribution < 1.29 is 31.9 Å². The summed E-state index contributed by atoms with van der Waals surface area (Å²) in [5.41, 5.74) is 0.269. The Morgan fingerprint density at radius 1 is 1.06 bits per heavy atom. The van der Waals surface area contributed by atoms with E-state index < -0.39 is 21.8 Å². The first kappa shape index (κ1) is 22.7. The van der Waals surface area contributed by atoms with Crippen molar-refractivity contribution in [1.29, 1.82) is 0 Å². The van der Waals surface area contributed by atoms with Crippen LogP contribution < -0.4 is 10.1 Å². The van der Waals surface area contributed by atoms with Gasteiger partial charge in [0.2, 0.25) is 10.0 Å². The van der Waals surface area contributed by atoms with Gasteiger partial charge in [-0.2, -0.15) is 4.31 Å². The lowest BCUT2D eigenvalue weighted by Crippen LogP contribution is -2.47. The Morgan fingerprint density at radius 3 is 2.26 bits per heavy atom. The topological polar surface area (TPSA) is 102 Å². The van der Waals surface area contributed by atoms with Crippen molar-refractivity contribution >= 4 is 21.9 Å². The second kappa shape index (κ2) is 9.88. The zero-order valence-corrected chi connectivity index (χ0v) is 17.7. The predicted octanol–water partition coefficient (Wildman–Crippen LogP) is 1.96. The standard InChI is InChI=1S/C21H23FN2O6S/c1-29-21(26)15-2-8-19(9-3-15)31(27,28)24-12-10-17(11-13-24)23-20(25)14-30-18-6-4-16(22)5-7-18/h2-9,17H,10-14H2,1H3,(H,23,25). The fourth-order valence-corrected chi connectivity index (χ4v) is 4.69. The van der Waals surface area contributed by atoms with E-state index in [0.29, 0.717) is 18.6 Å². The van der Waals surface area contributed by atoms with Gasteiger partial charge in [0.05, 0.1) is 17.6 Å². The number of nitrogens with one attached hydrogen (secondary N) is 1. The lowest BCUT2D eigenvalue weighted by atomic mass is 10.1. The predicted molar refractivity (Wildman–Crippen MR) is 110 cm³/mol. The van der Waals surface area contributed by atoms with E-state index in [1.165, 1.54) is 59.9 Å². The molecule has 3 rings (SSSR count). The minimum atomic E-state index is -3.70. The molecule has 0 bridgehead atoms. The maximum absolute atomic E-state index is 12.9. The number of carbonyl (C=O) groups is 2. The summed E-state index contributed by atoms with van der Waals surface area (Å²) in [5.74, 6) is -0.874. The van der Waals surface area contributed by atoms with Crippen LogP contribution >= 0.6 is 0 Å². The molecule has 1 fully saturated rings. The van der Waals surface area contributed by atoms with Crippen LogP contribution in [0.4, 0.5) is 4.39 Å². The van der Waals surface area contributed by atoms with Crippen molar-refractivity contribution in [2.45, 2.75) is 23.8 Å². The van der Waals surface area contributed by atoms with Gasteiger partial charge in [-0.05, 0) is 61.4 Å². The van der Waals surface area contributed by atoms with Gasteiger partial charge in [0.15, 0.2) is 6.61 Å². The summed E-state index contributed by atoms with van der Waals surface area (Å²) in [7, 11) is -2.44. The number of methoxy groups -OCH3 is 1. The molecular formula is C21H23FN2O6S. The molecule has 0 spiro atoms. The minimum Gasteiger partial charge on any atom is -0.484 e. The number of esters is 1. The molecule has 0 atom stereocenters. The fourth-order valence-electron chi connectivity index (χ4n) is 3.22. The molecule has 1 saturated heterocycles. The van der Waals surface area contributed by atoms with Crippen LogP contribution in [-0.2, 0) is 19.6 Å². The highest BCUT2D eigenvalue weighted by molar-refractivity contribution is 7.89. The lowest BCUT2D eigenvalue weighted by molar-refractivity contribution is -0.124. The van der Waals surface area contributed by atoms with Gasteiger partial charge in [0.1, 0.15) is 11.6 Å². The molecule has 0 aromatic heterocycles. The summed E-state index contributed by atoms with van der Waals surface area (Å²) >= 11 is 0. The molecule has 166 valence electrons. The number of ether oxygens (including phenoxy) is 2. The van der Waals surface area contributed by atoms with E-state index in [-0.39, 0.29) is 42.1 Å². The van der Waals surface area contributed by atoms with Crippen molar-refractivity contribution in [1.82, 2.24) is 9.62 Å². The van der Waals surface area contributed by atoms with E-state index in [0.717, 1.165) is 0 Å². The molecule has 1 heterocycles. The molecule has 2 aromatic rings. The maximum atomic E-state index is 12.9. The Hall–Kier alpha value is -2.98. The molecule has 8 nitrogen and oxygen atoms in total. The highest BCUT2D eigenvalue weighted by Crippen LogP contribution is 2.21. The van der Waals surface area contributed by atoms with E-state index >= 15 is 0 Å². The van der Waals surface area contributed by atoms with Crippen LogP contribution in [0.2, 0.25) is 0 Å². The molecule has 0 saturated carbocycles. The highest BCUT2D eigenvalue weighted by Gasteiger charge is 2.30. The van der Waals surface area contributed by atoms with Gasteiger partial charge in [-0.3, -0.25) is 4.79 Å². The molecule has 0 unspecified atom stereocenters. The Labute approximate surface area is 180 Å². The number of piperidine rings is 1. The molecule has 2 aromatic carbocycles. The van der Waals surface area contributed by atoms with Gasteiger partial charge in [-0.1, -0.05) is 0 Å². The summed E-state index contributed by atoms with van der Waals surface area (Å²) in [6, 6.07) is 10.8. The average molecular weight is 450 g/mol. The molecule has 0 aliphatic carbocycles. The van der Waals surface area contributed by atoms with E-state index in [4.69, 9.17) is 4.74 Å². The van der Waals surface area contributed by atoms with E-state index in [1.54, 1.807) is 0 Å². The molecular weight excluding hydrogens is 427 g/mol. The average Bonchev–Trinajstić information content (AvgIpc) is 2.78. The Balaban J connectivity index is 1.49. The fraction of sp³-hybridized carbons (Fsp3) is 0.333. The number of halogens is 1. The summed E-state index contributed by atoms with van der Waals surface area (Å²) in [5, 5.41) is 2.83. The molecule has 1 aliphatic heterocycles. The van der Waals surface area contributed by atoms with Crippen molar-refractivity contribution in [3.05, 3.63) is 59.9 Å². The van der Waals surface area contributed by atoms with Crippen LogP contribution in [0, 0.1) is 5.82 Å². The summed E-state index contributed by atoms with van der Waals surface area (Å²) in [6.07, 6.45) is 0.920. The number of hydrogen-bond donors (Lipinski definition) is 1. The summed E-state index contributed by atoms with van der Waals surface area (Å²) < 4.78 is 49.8. The second-order valence-electron chi connectivity index (χ2n) is 7.00. The Morgan fingerprint density at radius 2 is 1.68 bits per heavy atom. The second-order valence-corrected chi connectivity index (χ2v) is 8.94. The van der Waals surface area contributed by atoms with Gasteiger partial charge < -0.3 is 14.8 Å². The normalized spacial score (nSPS) is 15.3. The SMILES string of the molecule is COC(=O)c1ccc(S(=O)(=O)N2CCC(NC(=O)COc3ccc(F)cc3)CC2)cc1. The quantitative estimate of drug-likeness (QED) is 0.647. The maximum Gasteiger partial charge on any atom is 0.337 e.